The number of hydrogen-bond acceptors (Lipinski definition) is 7. The molecule has 2 N–H and O–H groups in total. The molecule has 1 aromatic heterocycles. The summed E-state index contributed by atoms with van der Waals surface area (Å²) < 4.78 is 20.1. The van der Waals surface area contributed by atoms with Crippen molar-refractivity contribution in [1.82, 2.24) is 19.8 Å². The van der Waals surface area contributed by atoms with Gasteiger partial charge in [0, 0.05) is 29.8 Å². The lowest BCUT2D eigenvalue weighted by atomic mass is 9.58. The molecule has 216 valence electrons. The molecule has 1 saturated carbocycles. The molecule has 41 heavy (non-hydrogen) atoms. The zero-order chi connectivity index (χ0) is 28.4. The fraction of sp³-hybridized carbons (Fsp3) is 0.452. The Morgan fingerprint density at radius 2 is 1.98 bits per heavy atom. The van der Waals surface area contributed by atoms with Gasteiger partial charge in [-0.05, 0) is 101 Å². The Labute approximate surface area is 244 Å². The summed E-state index contributed by atoms with van der Waals surface area (Å²) in [7, 11) is 2.20. The molecular formula is C31H36ClFN6O2. The van der Waals surface area contributed by atoms with Crippen LogP contribution in [0.25, 0.3) is 10.9 Å². The SMILES string of the molecule is CN1CCC2(CC1)CC(COc1cc3ncnc(Nc4ccc(F)c(Cl)c4)c3cc1NC(=O)/C=C/CN1CCC1)C2. The number of carbonyl (C=O) groups excluding carboxylic acids is 1. The van der Waals surface area contributed by atoms with Crippen molar-refractivity contribution in [1.29, 1.82) is 0 Å². The number of rotatable bonds is 9. The van der Waals surface area contributed by atoms with E-state index in [2.05, 4.69) is 37.4 Å². The van der Waals surface area contributed by atoms with Gasteiger partial charge in [0.05, 0.1) is 22.8 Å². The minimum atomic E-state index is -0.494. The van der Waals surface area contributed by atoms with Crippen LogP contribution in [0.4, 0.5) is 21.6 Å². The number of carbonyl (C=O) groups is 1. The number of amides is 1. The van der Waals surface area contributed by atoms with E-state index in [-0.39, 0.29) is 10.9 Å². The van der Waals surface area contributed by atoms with Gasteiger partial charge >= 0.3 is 0 Å². The van der Waals surface area contributed by atoms with Crippen molar-refractivity contribution in [3.8, 4) is 5.75 Å². The molecule has 3 heterocycles. The number of ether oxygens (including phenoxy) is 1. The lowest BCUT2D eigenvalue weighted by molar-refractivity contribution is -0.111. The van der Waals surface area contributed by atoms with E-state index < -0.39 is 5.82 Å². The lowest BCUT2D eigenvalue weighted by Crippen LogP contribution is -2.47. The minimum Gasteiger partial charge on any atom is -0.491 e. The van der Waals surface area contributed by atoms with Gasteiger partial charge in [-0.2, -0.15) is 0 Å². The molecule has 0 radical (unpaired) electrons. The monoisotopic (exact) mass is 578 g/mol. The third-order valence-corrected chi connectivity index (χ3v) is 9.01. The number of halogens is 2. The number of anilines is 3. The molecule has 8 nitrogen and oxygen atoms in total. The Kier molecular flexibility index (Phi) is 8.10. The summed E-state index contributed by atoms with van der Waals surface area (Å²) in [6.07, 6.45) is 11.0. The fourth-order valence-corrected chi connectivity index (χ4v) is 6.33. The van der Waals surface area contributed by atoms with Crippen molar-refractivity contribution in [3.05, 3.63) is 59.7 Å². The molecule has 2 aliphatic heterocycles. The average Bonchev–Trinajstić information content (AvgIpc) is 2.91. The van der Waals surface area contributed by atoms with Crippen LogP contribution in [0.1, 0.15) is 32.1 Å². The van der Waals surface area contributed by atoms with Crippen LogP contribution in [0.15, 0.2) is 48.8 Å². The van der Waals surface area contributed by atoms with E-state index in [0.717, 1.165) is 19.6 Å². The van der Waals surface area contributed by atoms with Crippen LogP contribution < -0.4 is 15.4 Å². The Morgan fingerprint density at radius 1 is 1.17 bits per heavy atom. The van der Waals surface area contributed by atoms with Gasteiger partial charge in [0.1, 0.15) is 23.7 Å². The number of likely N-dealkylation sites (tertiary alicyclic amines) is 2. The maximum absolute atomic E-state index is 13.7. The van der Waals surface area contributed by atoms with E-state index in [1.165, 1.54) is 63.7 Å². The molecule has 0 atom stereocenters. The summed E-state index contributed by atoms with van der Waals surface area (Å²) >= 11 is 5.98. The van der Waals surface area contributed by atoms with E-state index in [9.17, 15) is 9.18 Å². The van der Waals surface area contributed by atoms with Crippen LogP contribution in [-0.4, -0.2) is 72.1 Å². The summed E-state index contributed by atoms with van der Waals surface area (Å²) in [5.41, 5.74) is 2.28. The molecule has 1 spiro atoms. The average molecular weight is 579 g/mol. The zero-order valence-electron chi connectivity index (χ0n) is 23.3. The van der Waals surface area contributed by atoms with Crippen LogP contribution in [0.3, 0.4) is 0 Å². The third kappa shape index (κ3) is 6.47. The van der Waals surface area contributed by atoms with Gasteiger partial charge in [0.25, 0.3) is 0 Å². The topological polar surface area (TPSA) is 82.6 Å². The molecule has 6 rings (SSSR count). The van der Waals surface area contributed by atoms with Gasteiger partial charge in [-0.15, -0.1) is 0 Å². The molecular weight excluding hydrogens is 543 g/mol. The fourth-order valence-electron chi connectivity index (χ4n) is 6.15. The molecule has 2 aromatic carbocycles. The molecule has 1 aliphatic carbocycles. The number of benzene rings is 2. The zero-order valence-corrected chi connectivity index (χ0v) is 24.1. The van der Waals surface area contributed by atoms with Crippen LogP contribution in [-0.2, 0) is 4.79 Å². The molecule has 0 unspecified atom stereocenters. The standard InChI is InChI=1S/C31H36ClFN6O2/c1-38-12-7-31(8-13-38)17-21(18-31)19-41-28-16-26-23(15-27(28)37-29(40)4-2-9-39-10-3-11-39)30(35-20-34-26)36-22-5-6-25(33)24(32)14-22/h2,4-6,14-16,20-21H,3,7-13,17-19H2,1H3,(H,37,40)(H,34,35,36)/b4-2+. The first-order chi connectivity index (χ1) is 19.9. The molecule has 0 bridgehead atoms. The van der Waals surface area contributed by atoms with Crippen molar-refractivity contribution in [2.45, 2.75) is 32.1 Å². The minimum absolute atomic E-state index is 0.0139. The highest BCUT2D eigenvalue weighted by Gasteiger charge is 2.45. The van der Waals surface area contributed by atoms with Gasteiger partial charge in [-0.3, -0.25) is 9.69 Å². The van der Waals surface area contributed by atoms with Crippen molar-refractivity contribution >= 4 is 45.6 Å². The number of nitrogens with one attached hydrogen (secondary N) is 2. The van der Waals surface area contributed by atoms with Crippen LogP contribution >= 0.6 is 11.6 Å². The van der Waals surface area contributed by atoms with Gasteiger partial charge < -0.3 is 20.3 Å². The number of aromatic nitrogens is 2. The molecule has 3 fully saturated rings. The first-order valence-electron chi connectivity index (χ1n) is 14.4. The molecule has 3 aromatic rings. The van der Waals surface area contributed by atoms with Gasteiger partial charge in [-0.1, -0.05) is 17.7 Å². The Bertz CT molecular complexity index is 1450. The van der Waals surface area contributed by atoms with Crippen LogP contribution in [0.2, 0.25) is 5.02 Å². The Morgan fingerprint density at radius 3 is 2.71 bits per heavy atom. The summed E-state index contributed by atoms with van der Waals surface area (Å²) in [5, 5.41) is 6.92. The summed E-state index contributed by atoms with van der Waals surface area (Å²) in [6.45, 7) is 5.84. The second kappa shape index (κ2) is 11.9. The normalized spacial score (nSPS) is 19.3. The summed E-state index contributed by atoms with van der Waals surface area (Å²) in [4.78, 5) is 26.5. The Hall–Kier alpha value is -3.27. The quantitative estimate of drug-likeness (QED) is 0.307. The molecule has 10 heteroatoms. The second-order valence-electron chi connectivity index (χ2n) is 11.8. The summed E-state index contributed by atoms with van der Waals surface area (Å²) in [6, 6.07) is 8.08. The van der Waals surface area contributed by atoms with Crippen molar-refractivity contribution < 1.29 is 13.9 Å². The van der Waals surface area contributed by atoms with Gasteiger partial charge in [0.2, 0.25) is 5.91 Å². The molecule has 3 aliphatic rings. The third-order valence-electron chi connectivity index (χ3n) is 8.72. The van der Waals surface area contributed by atoms with Crippen molar-refractivity contribution in [2.75, 3.05) is 57.0 Å². The molecule has 2 saturated heterocycles. The highest BCUT2D eigenvalue weighted by atomic mass is 35.5. The predicted molar refractivity (Wildman–Crippen MR) is 160 cm³/mol. The smallest absolute Gasteiger partial charge is 0.248 e. The molecule has 1 amide bonds. The summed E-state index contributed by atoms with van der Waals surface area (Å²) in [5.74, 6) is 0.879. The maximum Gasteiger partial charge on any atom is 0.248 e. The highest BCUT2D eigenvalue weighted by Crippen LogP contribution is 2.52. The van der Waals surface area contributed by atoms with Crippen molar-refractivity contribution in [3.63, 3.8) is 0 Å². The van der Waals surface area contributed by atoms with Gasteiger partial charge in [-0.25, -0.2) is 14.4 Å². The van der Waals surface area contributed by atoms with E-state index in [1.807, 2.05) is 18.2 Å². The van der Waals surface area contributed by atoms with E-state index >= 15 is 0 Å². The maximum atomic E-state index is 13.7. The lowest BCUT2D eigenvalue weighted by Gasteiger charge is -2.51. The Balaban J connectivity index is 1.21. The van der Waals surface area contributed by atoms with Gasteiger partial charge in [0.15, 0.2) is 0 Å². The van der Waals surface area contributed by atoms with Crippen LogP contribution in [0, 0.1) is 17.2 Å². The largest absolute Gasteiger partial charge is 0.491 e. The van der Waals surface area contributed by atoms with E-state index in [1.54, 1.807) is 12.1 Å². The van der Waals surface area contributed by atoms with E-state index in [4.69, 9.17) is 16.3 Å². The van der Waals surface area contributed by atoms with E-state index in [0.29, 0.717) is 51.8 Å². The van der Waals surface area contributed by atoms with Crippen molar-refractivity contribution in [2.24, 2.45) is 11.3 Å². The first kappa shape index (κ1) is 27.9. The van der Waals surface area contributed by atoms with Crippen LogP contribution in [0.5, 0.6) is 5.75 Å². The highest BCUT2D eigenvalue weighted by molar-refractivity contribution is 6.31. The number of hydrogen-bond donors (Lipinski definition) is 2. The number of piperidine rings is 1. The number of nitrogens with zero attached hydrogens (tertiary/aromatic N) is 4. The number of fused-ring (bicyclic) bond motifs is 1. The second-order valence-corrected chi connectivity index (χ2v) is 12.2. The predicted octanol–water partition coefficient (Wildman–Crippen LogP) is 5.87. The first-order valence-corrected chi connectivity index (χ1v) is 14.8.